The minimum Gasteiger partial charge on any atom is -0.366 e. The predicted octanol–water partition coefficient (Wildman–Crippen LogP) is 2.09. The smallest absolute Gasteiger partial charge is 0.124 e. The number of likely N-dealkylation sites (N-methyl/N-ethyl adjacent to an activating group) is 1. The molecular formula is C15H21N3O. The van der Waals surface area contributed by atoms with Gasteiger partial charge in [-0.15, -0.1) is 0 Å². The zero-order valence-electron chi connectivity index (χ0n) is 28.4. The molecular weight excluding hydrogens is 238 g/mol. The van der Waals surface area contributed by atoms with Crippen LogP contribution in [0.15, 0.2) is 42.5 Å². The summed E-state index contributed by atoms with van der Waals surface area (Å²) in [5.41, 5.74) is -2.14. The van der Waals surface area contributed by atoms with E-state index >= 15 is 0 Å². The summed E-state index contributed by atoms with van der Waals surface area (Å²) in [4.78, 5) is -0.809. The normalized spacial score (nSPS) is 32.6. The Bertz CT molecular complexity index is 1150. The van der Waals surface area contributed by atoms with Crippen molar-refractivity contribution >= 4 is 0 Å². The molecule has 0 radical (unpaired) electrons. The molecule has 0 fully saturated rings. The Labute approximate surface area is 141 Å². The molecule has 102 valence electrons. The lowest BCUT2D eigenvalue weighted by Gasteiger charge is -2.20. The molecule has 0 amide bonds. The number of rotatable bonds is 6. The first kappa shape index (κ1) is 3.32. The lowest BCUT2D eigenvalue weighted by molar-refractivity contribution is 0.0638. The average Bonchev–Trinajstić information content (AvgIpc) is 3.19. The third kappa shape index (κ3) is 3.66. The fraction of sp³-hybridized carbons (Fsp3) is 0.400. The molecule has 2 rings (SSSR count). The van der Waals surface area contributed by atoms with Crippen LogP contribution in [-0.4, -0.2) is 41.7 Å². The van der Waals surface area contributed by atoms with Gasteiger partial charge in [0.25, 0.3) is 0 Å². The molecule has 0 N–H and O–H groups in total. The topological polar surface area (TPSA) is 30.3 Å². The first-order valence-corrected chi connectivity index (χ1v) is 4.86. The Kier molecular flexibility index (Phi) is 1.14. The van der Waals surface area contributed by atoms with Gasteiger partial charge in [-0.25, -0.2) is 0 Å². The Morgan fingerprint density at radius 1 is 1.53 bits per heavy atom. The molecule has 0 aliphatic rings. The van der Waals surface area contributed by atoms with Crippen molar-refractivity contribution in [2.24, 2.45) is 6.98 Å². The van der Waals surface area contributed by atoms with Crippen molar-refractivity contribution in [3.05, 3.63) is 53.7 Å². The van der Waals surface area contributed by atoms with Crippen LogP contribution in [0.4, 0.5) is 0 Å². The third-order valence-electron chi connectivity index (χ3n) is 1.91. The van der Waals surface area contributed by atoms with E-state index in [9.17, 15) is 0 Å². The summed E-state index contributed by atoms with van der Waals surface area (Å²) in [7, 11) is 0. The molecule has 0 aliphatic carbocycles. The van der Waals surface area contributed by atoms with Crippen LogP contribution in [-0.2, 0) is 11.7 Å². The summed E-state index contributed by atoms with van der Waals surface area (Å²) >= 11 is 0. The van der Waals surface area contributed by atoms with Crippen molar-refractivity contribution < 1.29 is 30.8 Å². The van der Waals surface area contributed by atoms with Gasteiger partial charge in [0.2, 0.25) is 0 Å². The number of hydrogen-bond donors (Lipinski definition) is 0. The van der Waals surface area contributed by atoms with E-state index in [0.29, 0.717) is 0 Å². The molecule has 0 aliphatic heterocycles. The van der Waals surface area contributed by atoms with Gasteiger partial charge in [0, 0.05) is 34.7 Å². The highest BCUT2D eigenvalue weighted by Gasteiger charge is 2.17. The standard InChI is InChI=1S/C15H21N3O/c1-17(2)11-12-19-15(13-7-5-4-6-8-13)14-9-10-16-18(14)3/h4-10,15H,11-12H2,1-3H3/i1D3,2D3,3D3,4D,5D,6D,7D,8D,11D2,12D2,15D. The van der Waals surface area contributed by atoms with E-state index in [2.05, 4.69) is 5.10 Å². The van der Waals surface area contributed by atoms with Crippen LogP contribution in [0.2, 0.25) is 0 Å². The first-order chi connectivity index (χ1) is 16.7. The largest absolute Gasteiger partial charge is 0.366 e. The Hall–Kier alpha value is -1.65. The molecule has 4 heteroatoms. The molecule has 1 unspecified atom stereocenters. The van der Waals surface area contributed by atoms with Gasteiger partial charge in [0.05, 0.1) is 23.2 Å². The van der Waals surface area contributed by atoms with Crippen LogP contribution in [0.1, 0.15) is 43.4 Å². The third-order valence-corrected chi connectivity index (χ3v) is 1.91. The van der Waals surface area contributed by atoms with Crippen molar-refractivity contribution in [1.29, 1.82) is 0 Å². The second-order valence-corrected chi connectivity index (χ2v) is 3.11. The summed E-state index contributed by atoms with van der Waals surface area (Å²) in [6.07, 6.45) is -2.73. The van der Waals surface area contributed by atoms with Gasteiger partial charge in [-0.05, 0) is 25.6 Å². The Morgan fingerprint density at radius 3 is 3.11 bits per heavy atom. The van der Waals surface area contributed by atoms with E-state index < -0.39 is 86.4 Å². The molecule has 1 heterocycles. The van der Waals surface area contributed by atoms with Gasteiger partial charge >= 0.3 is 0 Å². The molecule has 1 aromatic heterocycles. The van der Waals surface area contributed by atoms with Crippen LogP contribution < -0.4 is 0 Å². The quantitative estimate of drug-likeness (QED) is 0.810. The molecule has 0 saturated heterocycles. The number of benzene rings is 1. The molecule has 2 aromatic rings. The molecule has 1 atom stereocenters. The van der Waals surface area contributed by atoms with Crippen LogP contribution in [0.5, 0.6) is 0 Å². The van der Waals surface area contributed by atoms with Gasteiger partial charge in [-0.3, -0.25) is 4.68 Å². The van der Waals surface area contributed by atoms with E-state index in [4.69, 9.17) is 30.8 Å². The maximum atomic E-state index is 8.97. The number of ether oxygens (including phenoxy) is 1. The molecule has 19 heavy (non-hydrogen) atoms. The summed E-state index contributed by atoms with van der Waals surface area (Å²) in [6, 6.07) is -4.59. The van der Waals surface area contributed by atoms with Crippen LogP contribution in [0.25, 0.3) is 0 Å². The van der Waals surface area contributed by atoms with Gasteiger partial charge in [0.15, 0.2) is 0 Å². The average molecular weight is 278 g/mol. The zero-order chi connectivity index (χ0) is 30.0. The number of hydrogen-bond acceptors (Lipinski definition) is 3. The predicted molar refractivity (Wildman–Crippen MR) is 76.0 cm³/mol. The maximum Gasteiger partial charge on any atom is 0.124 e. The molecule has 0 spiro atoms. The molecule has 0 bridgehead atoms. The van der Waals surface area contributed by atoms with Crippen molar-refractivity contribution in [3.63, 3.8) is 0 Å². The zero-order valence-corrected chi connectivity index (χ0v) is 9.40. The van der Waals surface area contributed by atoms with Gasteiger partial charge in [-0.2, -0.15) is 5.10 Å². The van der Waals surface area contributed by atoms with Crippen molar-refractivity contribution in [1.82, 2.24) is 14.7 Å². The van der Waals surface area contributed by atoms with Gasteiger partial charge in [0.1, 0.15) is 6.08 Å². The summed E-state index contributed by atoms with van der Waals surface area (Å²) < 4.78 is 155. The fourth-order valence-corrected chi connectivity index (χ4v) is 1.19. The number of nitrogens with zero attached hydrogens (tertiary/aromatic N) is 3. The highest BCUT2D eigenvalue weighted by atomic mass is 16.5. The van der Waals surface area contributed by atoms with Crippen LogP contribution >= 0.6 is 0 Å². The second kappa shape index (κ2) is 6.50. The van der Waals surface area contributed by atoms with Crippen molar-refractivity contribution in [2.45, 2.75) is 6.08 Å². The highest BCUT2D eigenvalue weighted by Crippen LogP contribution is 2.25. The van der Waals surface area contributed by atoms with E-state index in [1.165, 1.54) is 0 Å². The van der Waals surface area contributed by atoms with E-state index in [1.54, 1.807) is 0 Å². The second-order valence-electron chi connectivity index (χ2n) is 3.11. The maximum absolute atomic E-state index is 8.97. The number of aromatic nitrogens is 2. The Balaban J connectivity index is 2.99. The molecule has 0 saturated carbocycles. The summed E-state index contributed by atoms with van der Waals surface area (Å²) in [5.74, 6) is 0. The summed E-state index contributed by atoms with van der Waals surface area (Å²) in [6.45, 7) is -19.1. The monoisotopic (exact) mass is 278 g/mol. The van der Waals surface area contributed by atoms with Gasteiger partial charge in [-0.1, -0.05) is 30.2 Å². The van der Waals surface area contributed by atoms with Crippen molar-refractivity contribution in [2.75, 3.05) is 27.0 Å². The minimum absolute atomic E-state index is 0.123. The van der Waals surface area contributed by atoms with Crippen LogP contribution in [0, 0.1) is 0 Å². The van der Waals surface area contributed by atoms with Gasteiger partial charge < -0.3 is 9.64 Å². The lowest BCUT2D eigenvalue weighted by Crippen LogP contribution is -2.20. The SMILES string of the molecule is [2H]c1c([2H])c([2H])c(C([2H])(OC([2H])([2H])C([2H])([2H])N(C([2H])([2H])[2H])C([2H])([2H])[2H])c2ccnn2C([2H])([2H])[2H])c([2H])c1[2H]. The van der Waals surface area contributed by atoms with E-state index in [-0.39, 0.29) is 4.68 Å². The lowest BCUT2D eigenvalue weighted by atomic mass is 10.1. The van der Waals surface area contributed by atoms with Crippen molar-refractivity contribution in [3.8, 4) is 0 Å². The van der Waals surface area contributed by atoms with E-state index in [0.717, 1.165) is 12.3 Å². The van der Waals surface area contributed by atoms with E-state index in [1.807, 2.05) is 0 Å². The minimum atomic E-state index is -4.13. The highest BCUT2D eigenvalue weighted by molar-refractivity contribution is 5.25. The first-order valence-electron chi connectivity index (χ1n) is 14.4. The molecule has 1 aromatic carbocycles. The van der Waals surface area contributed by atoms with Crippen LogP contribution in [0.3, 0.4) is 0 Å². The fourth-order valence-electron chi connectivity index (χ4n) is 1.19. The molecule has 4 nitrogen and oxygen atoms in total. The summed E-state index contributed by atoms with van der Waals surface area (Å²) in [5, 5.41) is 3.50. The number of aryl methyl sites for hydroxylation is 1. The Morgan fingerprint density at radius 2 is 2.37 bits per heavy atom.